The molecule has 0 saturated heterocycles. The Labute approximate surface area is 167 Å². The Kier molecular flexibility index (Phi) is 4.52. The van der Waals surface area contributed by atoms with Gasteiger partial charge >= 0.3 is 5.97 Å². The van der Waals surface area contributed by atoms with Gasteiger partial charge in [0.15, 0.2) is 21.3 Å². The van der Waals surface area contributed by atoms with Crippen LogP contribution in [0.1, 0.15) is 18.4 Å². The highest BCUT2D eigenvalue weighted by atomic mass is 35.5. The highest BCUT2D eigenvalue weighted by Gasteiger charge is 2.74. The maximum atomic E-state index is 13.3. The standard InChI is InChI=1S/C19H18ClNO6S/c1-2-25-18(22)19(21)16(11-3-8-14-15(9-11)27-10-26-14)17(19)28(23,24)13-6-4-12(20)5-7-13/h3-9,16-17H,2,10,21H2,1H3/t16-,17+,19+/m1/s1. The molecule has 3 atom stereocenters. The number of sulfone groups is 1. The molecule has 1 saturated carbocycles. The molecule has 0 aromatic heterocycles. The van der Waals surface area contributed by atoms with E-state index in [0.717, 1.165) is 0 Å². The van der Waals surface area contributed by atoms with E-state index in [1.807, 2.05) is 0 Å². The minimum atomic E-state index is -3.92. The van der Waals surface area contributed by atoms with Crippen molar-refractivity contribution in [3.63, 3.8) is 0 Å². The van der Waals surface area contributed by atoms with E-state index in [0.29, 0.717) is 22.1 Å². The Morgan fingerprint density at radius 2 is 1.89 bits per heavy atom. The second-order valence-electron chi connectivity index (χ2n) is 6.66. The number of rotatable bonds is 5. The van der Waals surface area contributed by atoms with E-state index >= 15 is 0 Å². The number of hydrogen-bond donors (Lipinski definition) is 1. The molecule has 0 spiro atoms. The summed E-state index contributed by atoms with van der Waals surface area (Å²) < 4.78 is 42.3. The molecule has 2 aliphatic rings. The zero-order chi connectivity index (χ0) is 20.1. The van der Waals surface area contributed by atoms with Crippen LogP contribution in [-0.4, -0.2) is 38.6 Å². The van der Waals surface area contributed by atoms with Gasteiger partial charge in [0.1, 0.15) is 10.8 Å². The molecule has 2 aromatic carbocycles. The first-order chi connectivity index (χ1) is 13.3. The number of carbonyl (C=O) groups is 1. The maximum Gasteiger partial charge on any atom is 0.328 e. The Bertz CT molecular complexity index is 1040. The van der Waals surface area contributed by atoms with E-state index in [2.05, 4.69) is 0 Å². The number of benzene rings is 2. The van der Waals surface area contributed by atoms with Crippen molar-refractivity contribution < 1.29 is 27.4 Å². The Morgan fingerprint density at radius 1 is 1.21 bits per heavy atom. The van der Waals surface area contributed by atoms with E-state index in [-0.39, 0.29) is 18.3 Å². The highest BCUT2D eigenvalue weighted by Crippen LogP contribution is 2.57. The quantitative estimate of drug-likeness (QED) is 0.735. The third-order valence-electron chi connectivity index (χ3n) is 5.04. The topological polar surface area (TPSA) is 105 Å². The Balaban J connectivity index is 1.77. The van der Waals surface area contributed by atoms with E-state index in [1.54, 1.807) is 25.1 Å². The fourth-order valence-corrected chi connectivity index (χ4v) is 5.99. The summed E-state index contributed by atoms with van der Waals surface area (Å²) in [5.74, 6) is -0.486. The predicted octanol–water partition coefficient (Wildman–Crippen LogP) is 2.27. The van der Waals surface area contributed by atoms with Crippen molar-refractivity contribution in [3.05, 3.63) is 53.1 Å². The molecule has 0 radical (unpaired) electrons. The zero-order valence-electron chi connectivity index (χ0n) is 14.9. The minimum absolute atomic E-state index is 0.0456. The molecule has 0 unspecified atom stereocenters. The molecule has 4 rings (SSSR count). The molecule has 1 aliphatic heterocycles. The monoisotopic (exact) mass is 423 g/mol. The number of esters is 1. The molecule has 148 valence electrons. The van der Waals surface area contributed by atoms with Gasteiger partial charge in [-0.1, -0.05) is 17.7 Å². The van der Waals surface area contributed by atoms with Gasteiger partial charge in [-0.15, -0.1) is 0 Å². The first kappa shape index (κ1) is 19.0. The fourth-order valence-electron chi connectivity index (χ4n) is 3.64. The predicted molar refractivity (Wildman–Crippen MR) is 101 cm³/mol. The van der Waals surface area contributed by atoms with Crippen molar-refractivity contribution in [1.29, 1.82) is 0 Å². The van der Waals surface area contributed by atoms with Crippen LogP contribution in [0.15, 0.2) is 47.4 Å². The second kappa shape index (κ2) is 6.65. The fraction of sp³-hybridized carbons (Fsp3) is 0.316. The molecule has 7 nitrogen and oxygen atoms in total. The van der Waals surface area contributed by atoms with E-state index in [1.165, 1.54) is 24.3 Å². The summed E-state index contributed by atoms with van der Waals surface area (Å²) in [6.07, 6.45) is 0. The molecule has 1 heterocycles. The van der Waals surface area contributed by atoms with E-state index in [4.69, 9.17) is 31.5 Å². The normalized spacial score (nSPS) is 25.4. The summed E-state index contributed by atoms with van der Waals surface area (Å²) in [5, 5.41) is -0.757. The van der Waals surface area contributed by atoms with Gasteiger partial charge < -0.3 is 19.9 Å². The molecular formula is C19H18ClNO6S. The van der Waals surface area contributed by atoms with Crippen molar-refractivity contribution >= 4 is 27.4 Å². The molecule has 0 bridgehead atoms. The smallest absolute Gasteiger partial charge is 0.328 e. The molecule has 9 heteroatoms. The summed E-state index contributed by atoms with van der Waals surface area (Å²) in [6.45, 7) is 1.82. The Hall–Kier alpha value is -2.29. The van der Waals surface area contributed by atoms with Crippen LogP contribution >= 0.6 is 11.6 Å². The van der Waals surface area contributed by atoms with Crippen molar-refractivity contribution in [2.75, 3.05) is 13.4 Å². The average molecular weight is 424 g/mol. The summed E-state index contributed by atoms with van der Waals surface area (Å²) in [6, 6.07) is 10.8. The van der Waals surface area contributed by atoms with Crippen molar-refractivity contribution in [1.82, 2.24) is 0 Å². The number of halogens is 1. The molecule has 0 amide bonds. The third-order valence-corrected chi connectivity index (χ3v) is 7.55. The summed E-state index contributed by atoms with van der Waals surface area (Å²) in [5.41, 5.74) is 5.22. The summed E-state index contributed by atoms with van der Waals surface area (Å²) >= 11 is 5.86. The van der Waals surface area contributed by atoms with Crippen LogP contribution in [0.3, 0.4) is 0 Å². The lowest BCUT2D eigenvalue weighted by Crippen LogP contribution is -2.41. The summed E-state index contributed by atoms with van der Waals surface area (Å²) in [7, 11) is -3.92. The van der Waals surface area contributed by atoms with Gasteiger partial charge in [0, 0.05) is 10.9 Å². The lowest BCUT2D eigenvalue weighted by molar-refractivity contribution is -0.145. The van der Waals surface area contributed by atoms with Crippen LogP contribution in [0, 0.1) is 0 Å². The first-order valence-corrected chi connectivity index (χ1v) is 10.6. The number of fused-ring (bicyclic) bond motifs is 1. The average Bonchev–Trinajstić information content (AvgIpc) is 3.07. The lowest BCUT2D eigenvalue weighted by atomic mass is 10.1. The molecule has 1 fully saturated rings. The van der Waals surface area contributed by atoms with Gasteiger partial charge in [0.05, 0.1) is 11.5 Å². The van der Waals surface area contributed by atoms with Crippen LogP contribution in [-0.2, 0) is 19.4 Å². The van der Waals surface area contributed by atoms with Gasteiger partial charge in [0.2, 0.25) is 6.79 Å². The van der Waals surface area contributed by atoms with Crippen LogP contribution in [0.5, 0.6) is 11.5 Å². The number of hydrogen-bond acceptors (Lipinski definition) is 7. The molecule has 2 aromatic rings. The number of nitrogens with two attached hydrogens (primary N) is 1. The van der Waals surface area contributed by atoms with Gasteiger partial charge in [-0.25, -0.2) is 13.2 Å². The highest BCUT2D eigenvalue weighted by molar-refractivity contribution is 7.92. The van der Waals surface area contributed by atoms with Gasteiger partial charge in [0.25, 0.3) is 0 Å². The molecule has 28 heavy (non-hydrogen) atoms. The van der Waals surface area contributed by atoms with Gasteiger partial charge in [-0.2, -0.15) is 0 Å². The van der Waals surface area contributed by atoms with Gasteiger partial charge in [-0.05, 0) is 48.9 Å². The van der Waals surface area contributed by atoms with Crippen molar-refractivity contribution in [3.8, 4) is 11.5 Å². The van der Waals surface area contributed by atoms with E-state index in [9.17, 15) is 13.2 Å². The maximum absolute atomic E-state index is 13.3. The van der Waals surface area contributed by atoms with Crippen molar-refractivity contribution in [2.45, 2.75) is 28.5 Å². The van der Waals surface area contributed by atoms with E-state index < -0.39 is 32.5 Å². The van der Waals surface area contributed by atoms with Gasteiger partial charge in [-0.3, -0.25) is 0 Å². The molecule has 1 aliphatic carbocycles. The number of ether oxygens (including phenoxy) is 3. The van der Waals surface area contributed by atoms with Crippen LogP contribution in [0.2, 0.25) is 5.02 Å². The Morgan fingerprint density at radius 3 is 2.57 bits per heavy atom. The molecule has 2 N–H and O–H groups in total. The summed E-state index contributed by atoms with van der Waals surface area (Å²) in [4.78, 5) is 12.6. The first-order valence-electron chi connectivity index (χ1n) is 8.65. The third kappa shape index (κ3) is 2.83. The second-order valence-corrected chi connectivity index (χ2v) is 9.17. The number of carbonyl (C=O) groups excluding carboxylic acids is 1. The van der Waals surface area contributed by atoms with Crippen LogP contribution in [0.4, 0.5) is 0 Å². The minimum Gasteiger partial charge on any atom is -0.465 e. The molecular weight excluding hydrogens is 406 g/mol. The zero-order valence-corrected chi connectivity index (χ0v) is 16.5. The largest absolute Gasteiger partial charge is 0.465 e. The van der Waals surface area contributed by atoms with Crippen molar-refractivity contribution in [2.24, 2.45) is 5.73 Å². The van der Waals surface area contributed by atoms with Crippen LogP contribution < -0.4 is 15.2 Å². The lowest BCUT2D eigenvalue weighted by Gasteiger charge is -2.11. The SMILES string of the molecule is CCOC(=O)[C@]1(N)[C@H](c2ccc3c(c2)OCO3)[C@@H]1S(=O)(=O)c1ccc(Cl)cc1. The van der Waals surface area contributed by atoms with Crippen LogP contribution in [0.25, 0.3) is 0 Å².